The molecule has 0 fully saturated rings. The van der Waals surface area contributed by atoms with Crippen LogP contribution in [0.15, 0.2) is 52.5 Å². The molecule has 6 nitrogen and oxygen atoms in total. The summed E-state index contributed by atoms with van der Waals surface area (Å²) in [6.45, 7) is 6.27. The van der Waals surface area contributed by atoms with Crippen LogP contribution in [0.2, 0.25) is 0 Å². The van der Waals surface area contributed by atoms with E-state index in [2.05, 4.69) is 22.1 Å². The number of benzene rings is 1. The van der Waals surface area contributed by atoms with Crippen molar-refractivity contribution in [1.82, 2.24) is 0 Å². The minimum atomic E-state index is -0.220. The minimum Gasteiger partial charge on any atom is -0.488 e. The third-order valence-electron chi connectivity index (χ3n) is 3.84. The van der Waals surface area contributed by atoms with Crippen molar-refractivity contribution in [2.24, 2.45) is 21.7 Å². The lowest BCUT2D eigenvalue weighted by atomic mass is 10.2. The van der Waals surface area contributed by atoms with Crippen molar-refractivity contribution < 1.29 is 4.74 Å². The van der Waals surface area contributed by atoms with Gasteiger partial charge in [-0.25, -0.2) is 0 Å². The first-order chi connectivity index (χ1) is 13.0. The number of hydrogen-bond acceptors (Lipinski definition) is 8. The van der Waals surface area contributed by atoms with Gasteiger partial charge in [0.15, 0.2) is 0 Å². The summed E-state index contributed by atoms with van der Waals surface area (Å²) in [5, 5.41) is 15.6. The van der Waals surface area contributed by atoms with Crippen LogP contribution < -0.4 is 21.5 Å². The zero-order valence-corrected chi connectivity index (χ0v) is 16.8. The van der Waals surface area contributed by atoms with Gasteiger partial charge in [-0.15, -0.1) is 28.2 Å². The quantitative estimate of drug-likeness (QED) is 0.587. The molecule has 2 aromatic rings. The summed E-state index contributed by atoms with van der Waals surface area (Å²) < 4.78 is 5.76. The van der Waals surface area contributed by atoms with Crippen molar-refractivity contribution in [1.29, 1.82) is 0 Å². The summed E-state index contributed by atoms with van der Waals surface area (Å²) in [6.07, 6.45) is 0.481. The van der Waals surface area contributed by atoms with Gasteiger partial charge in [-0.05, 0) is 30.5 Å². The summed E-state index contributed by atoms with van der Waals surface area (Å²) in [5.74, 6) is 1.51. The number of thiophene rings is 1. The van der Waals surface area contributed by atoms with Crippen molar-refractivity contribution in [3.05, 3.63) is 53.4 Å². The second-order valence-electron chi connectivity index (χ2n) is 6.19. The van der Waals surface area contributed by atoms with Crippen LogP contribution in [0.1, 0.15) is 17.5 Å². The first-order valence-corrected chi connectivity index (χ1v) is 10.4. The molecule has 1 atom stereocenters. The Bertz CT molecular complexity index is 857. The maximum Gasteiger partial charge on any atom is 0.129 e. The summed E-state index contributed by atoms with van der Waals surface area (Å²) in [4.78, 5) is 0. The van der Waals surface area contributed by atoms with Crippen LogP contribution in [0.3, 0.4) is 0 Å². The molecule has 0 amide bonds. The van der Waals surface area contributed by atoms with Gasteiger partial charge in [-0.3, -0.25) is 0 Å². The number of hydrogen-bond donors (Lipinski definition) is 3. The number of nitrogens with zero attached hydrogens (tertiary/aromatic N) is 2. The molecular weight excluding hydrogens is 378 g/mol. The van der Waals surface area contributed by atoms with Crippen molar-refractivity contribution in [3.8, 4) is 5.75 Å². The SMILES string of the molecule is C=C(N)c1ccsc1NC(N)CSC1=NN=C(COc2ccc(C)cc2)C1. The van der Waals surface area contributed by atoms with E-state index < -0.39 is 0 Å². The zero-order chi connectivity index (χ0) is 19.2. The molecule has 1 aliphatic rings. The van der Waals surface area contributed by atoms with E-state index in [1.807, 2.05) is 42.6 Å². The van der Waals surface area contributed by atoms with Crippen LogP contribution >= 0.6 is 23.1 Å². The van der Waals surface area contributed by atoms with Crippen LogP contribution in [-0.4, -0.2) is 29.3 Å². The molecule has 0 saturated carbocycles. The van der Waals surface area contributed by atoms with Crippen molar-refractivity contribution in [2.45, 2.75) is 19.5 Å². The summed E-state index contributed by atoms with van der Waals surface area (Å²) >= 11 is 3.16. The molecule has 5 N–H and O–H groups in total. The van der Waals surface area contributed by atoms with Crippen LogP contribution in [-0.2, 0) is 0 Å². The fourth-order valence-electron chi connectivity index (χ4n) is 2.40. The normalized spacial score (nSPS) is 14.4. The van der Waals surface area contributed by atoms with E-state index in [1.165, 1.54) is 5.56 Å². The predicted molar refractivity (Wildman–Crippen MR) is 118 cm³/mol. The highest BCUT2D eigenvalue weighted by atomic mass is 32.2. The van der Waals surface area contributed by atoms with E-state index in [0.717, 1.165) is 27.1 Å². The van der Waals surface area contributed by atoms with Crippen LogP contribution in [0.25, 0.3) is 5.70 Å². The lowest BCUT2D eigenvalue weighted by Crippen LogP contribution is -2.32. The van der Waals surface area contributed by atoms with Gasteiger partial charge < -0.3 is 21.5 Å². The van der Waals surface area contributed by atoms with E-state index in [4.69, 9.17) is 16.2 Å². The number of thioether (sulfide) groups is 1. The molecule has 1 aromatic heterocycles. The van der Waals surface area contributed by atoms with Crippen molar-refractivity contribution in [3.63, 3.8) is 0 Å². The fraction of sp³-hybridized carbons (Fsp3) is 0.263. The van der Waals surface area contributed by atoms with Crippen LogP contribution in [0.5, 0.6) is 5.75 Å². The lowest BCUT2D eigenvalue weighted by molar-refractivity contribution is 0.375. The van der Waals surface area contributed by atoms with E-state index >= 15 is 0 Å². The fourth-order valence-corrected chi connectivity index (χ4v) is 4.11. The second kappa shape index (κ2) is 9.07. The number of aryl methyl sites for hydroxylation is 1. The van der Waals surface area contributed by atoms with Gasteiger partial charge in [0.05, 0.1) is 16.9 Å². The van der Waals surface area contributed by atoms with Gasteiger partial charge in [0.25, 0.3) is 0 Å². The number of nitrogens with two attached hydrogens (primary N) is 2. The third kappa shape index (κ3) is 5.59. The van der Waals surface area contributed by atoms with Gasteiger partial charge >= 0.3 is 0 Å². The van der Waals surface area contributed by atoms with E-state index in [9.17, 15) is 0 Å². The summed E-state index contributed by atoms with van der Waals surface area (Å²) in [6, 6.07) is 9.90. The third-order valence-corrected chi connectivity index (χ3v) is 5.77. The Morgan fingerprint density at radius 2 is 2.11 bits per heavy atom. The van der Waals surface area contributed by atoms with Gasteiger partial charge in [-0.1, -0.05) is 24.3 Å². The van der Waals surface area contributed by atoms with E-state index in [0.29, 0.717) is 24.5 Å². The molecule has 0 spiro atoms. The first-order valence-electron chi connectivity index (χ1n) is 8.50. The maximum atomic E-state index is 6.18. The Morgan fingerprint density at radius 3 is 2.85 bits per heavy atom. The van der Waals surface area contributed by atoms with Crippen molar-refractivity contribution >= 4 is 44.6 Å². The Kier molecular flexibility index (Phi) is 6.54. The van der Waals surface area contributed by atoms with Crippen LogP contribution in [0, 0.1) is 6.92 Å². The monoisotopic (exact) mass is 401 g/mol. The number of anilines is 1. The highest BCUT2D eigenvalue weighted by molar-refractivity contribution is 8.14. The van der Waals surface area contributed by atoms with E-state index in [1.54, 1.807) is 23.1 Å². The molecule has 8 heteroatoms. The molecule has 2 heterocycles. The molecule has 3 rings (SSSR count). The molecule has 0 saturated heterocycles. The largest absolute Gasteiger partial charge is 0.488 e. The topological polar surface area (TPSA) is 98.0 Å². The average Bonchev–Trinajstić information content (AvgIpc) is 3.29. The zero-order valence-electron chi connectivity index (χ0n) is 15.1. The van der Waals surface area contributed by atoms with Gasteiger partial charge in [0.2, 0.25) is 0 Å². The Labute approximate surface area is 167 Å². The van der Waals surface area contributed by atoms with Gasteiger partial charge in [0, 0.05) is 23.4 Å². The average molecular weight is 402 g/mol. The Hall–Kier alpha value is -2.29. The standard InChI is InChI=1S/C19H23N5OS2/c1-12-3-5-15(6-4-12)25-10-14-9-18(24-23-14)27-11-17(21)22-19-16(13(2)20)7-8-26-19/h3-8,17,22H,2,9-11,20-21H2,1H3. The number of ether oxygens (including phenoxy) is 1. The predicted octanol–water partition coefficient (Wildman–Crippen LogP) is 3.65. The maximum absolute atomic E-state index is 6.18. The summed E-state index contributed by atoms with van der Waals surface area (Å²) in [7, 11) is 0. The van der Waals surface area contributed by atoms with Crippen LogP contribution in [0.4, 0.5) is 5.00 Å². The van der Waals surface area contributed by atoms with Gasteiger partial charge in [-0.2, -0.15) is 5.10 Å². The molecule has 0 bridgehead atoms. The van der Waals surface area contributed by atoms with Crippen molar-refractivity contribution in [2.75, 3.05) is 17.7 Å². The lowest BCUT2D eigenvalue weighted by Gasteiger charge is -2.15. The minimum absolute atomic E-state index is 0.220. The number of rotatable bonds is 8. The Morgan fingerprint density at radius 1 is 1.33 bits per heavy atom. The smallest absolute Gasteiger partial charge is 0.129 e. The van der Waals surface area contributed by atoms with E-state index in [-0.39, 0.29) is 6.17 Å². The molecule has 142 valence electrons. The molecule has 1 aliphatic heterocycles. The summed E-state index contributed by atoms with van der Waals surface area (Å²) in [5.41, 5.74) is 15.5. The molecule has 0 radical (unpaired) electrons. The molecule has 1 unspecified atom stereocenters. The Balaban J connectivity index is 1.39. The highest BCUT2D eigenvalue weighted by Crippen LogP contribution is 2.27. The first kappa shape index (κ1) is 19.5. The highest BCUT2D eigenvalue weighted by Gasteiger charge is 2.16. The molecule has 1 aromatic carbocycles. The second-order valence-corrected chi connectivity index (χ2v) is 8.20. The molecular formula is C19H23N5OS2. The molecule has 27 heavy (non-hydrogen) atoms. The number of nitrogens with one attached hydrogen (secondary N) is 1. The molecule has 0 aliphatic carbocycles. The van der Waals surface area contributed by atoms with Gasteiger partial charge in [0.1, 0.15) is 17.4 Å².